The molecule has 0 N–H and O–H groups in total. The van der Waals surface area contributed by atoms with Gasteiger partial charge in [-0.15, -0.1) is 0 Å². The highest BCUT2D eigenvalue weighted by Crippen LogP contribution is 2.30. The van der Waals surface area contributed by atoms with Crippen molar-refractivity contribution in [2.75, 3.05) is 19.0 Å². The molecular formula is C15H19FN4O. The van der Waals surface area contributed by atoms with Gasteiger partial charge >= 0.3 is 0 Å². The van der Waals surface area contributed by atoms with Crippen LogP contribution in [0, 0.1) is 5.82 Å². The Morgan fingerprint density at radius 2 is 2.00 bits per heavy atom. The first-order valence-corrected chi connectivity index (χ1v) is 7.11. The predicted molar refractivity (Wildman–Crippen MR) is 77.3 cm³/mol. The van der Waals surface area contributed by atoms with E-state index in [1.165, 1.54) is 6.07 Å². The van der Waals surface area contributed by atoms with Crippen LogP contribution in [-0.2, 0) is 13.1 Å². The highest BCUT2D eigenvalue weighted by molar-refractivity contribution is 5.23. The second kappa shape index (κ2) is 5.81. The first kappa shape index (κ1) is 14.0. The molecule has 0 spiro atoms. The van der Waals surface area contributed by atoms with E-state index in [2.05, 4.69) is 15.0 Å². The van der Waals surface area contributed by atoms with Gasteiger partial charge in [-0.3, -0.25) is 4.90 Å². The molecule has 1 aromatic heterocycles. The molecule has 1 saturated carbocycles. The Labute approximate surface area is 123 Å². The average molecular weight is 290 g/mol. The molecule has 1 heterocycles. The first-order valence-electron chi connectivity index (χ1n) is 7.11. The lowest BCUT2D eigenvalue weighted by Gasteiger charge is -2.20. The maximum Gasteiger partial charge on any atom is 0.265 e. The number of hydrogen-bond donors (Lipinski definition) is 0. The molecule has 112 valence electrons. The summed E-state index contributed by atoms with van der Waals surface area (Å²) in [6.07, 6.45) is 2.28. The SMILES string of the molecule is CN(C)c1noc(CN(Cc2ccccc2F)C2CC2)n1. The van der Waals surface area contributed by atoms with Gasteiger partial charge in [-0.1, -0.05) is 18.2 Å². The van der Waals surface area contributed by atoms with E-state index in [0.717, 1.165) is 12.8 Å². The summed E-state index contributed by atoms with van der Waals surface area (Å²) in [5, 5.41) is 3.91. The Morgan fingerprint density at radius 3 is 2.62 bits per heavy atom. The Balaban J connectivity index is 1.71. The van der Waals surface area contributed by atoms with Crippen LogP contribution in [0.3, 0.4) is 0 Å². The Hall–Kier alpha value is -1.95. The molecule has 1 aromatic carbocycles. The van der Waals surface area contributed by atoms with Crippen LogP contribution < -0.4 is 4.90 Å². The lowest BCUT2D eigenvalue weighted by Crippen LogP contribution is -2.25. The van der Waals surface area contributed by atoms with Crippen LogP contribution in [-0.4, -0.2) is 35.2 Å². The van der Waals surface area contributed by atoms with E-state index in [0.29, 0.717) is 36.5 Å². The summed E-state index contributed by atoms with van der Waals surface area (Å²) in [5.41, 5.74) is 0.705. The Bertz CT molecular complexity index is 609. The molecule has 6 heteroatoms. The maximum absolute atomic E-state index is 13.8. The normalized spacial score (nSPS) is 14.7. The molecule has 0 saturated heterocycles. The first-order chi connectivity index (χ1) is 10.1. The fourth-order valence-electron chi connectivity index (χ4n) is 2.26. The van der Waals surface area contributed by atoms with Crippen molar-refractivity contribution < 1.29 is 8.91 Å². The average Bonchev–Trinajstić information content (AvgIpc) is 3.20. The molecule has 0 aliphatic heterocycles. The molecule has 3 rings (SSSR count). The van der Waals surface area contributed by atoms with Crippen LogP contribution in [0.1, 0.15) is 24.3 Å². The van der Waals surface area contributed by atoms with Crippen molar-refractivity contribution in [1.29, 1.82) is 0 Å². The van der Waals surface area contributed by atoms with Crippen LogP contribution in [0.15, 0.2) is 28.8 Å². The molecular weight excluding hydrogens is 271 g/mol. The highest BCUT2D eigenvalue weighted by atomic mass is 19.1. The van der Waals surface area contributed by atoms with E-state index < -0.39 is 0 Å². The van der Waals surface area contributed by atoms with Crippen LogP contribution in [0.2, 0.25) is 0 Å². The topological polar surface area (TPSA) is 45.4 Å². The van der Waals surface area contributed by atoms with E-state index in [9.17, 15) is 4.39 Å². The largest absolute Gasteiger partial charge is 0.344 e. The number of rotatable bonds is 6. The number of hydrogen-bond acceptors (Lipinski definition) is 5. The molecule has 1 fully saturated rings. The van der Waals surface area contributed by atoms with Crippen molar-refractivity contribution in [3.8, 4) is 0 Å². The predicted octanol–water partition coefficient (Wildman–Crippen LogP) is 2.44. The lowest BCUT2D eigenvalue weighted by molar-refractivity contribution is 0.207. The second-order valence-electron chi connectivity index (χ2n) is 5.61. The smallest absolute Gasteiger partial charge is 0.265 e. The third kappa shape index (κ3) is 3.39. The van der Waals surface area contributed by atoms with Crippen molar-refractivity contribution in [3.05, 3.63) is 41.5 Å². The van der Waals surface area contributed by atoms with Gasteiger partial charge in [0.05, 0.1) is 6.54 Å². The van der Waals surface area contributed by atoms with E-state index in [4.69, 9.17) is 4.52 Å². The molecule has 0 unspecified atom stereocenters. The molecule has 5 nitrogen and oxygen atoms in total. The minimum atomic E-state index is -0.164. The van der Waals surface area contributed by atoms with Gasteiger partial charge in [-0.2, -0.15) is 4.98 Å². The van der Waals surface area contributed by atoms with Gasteiger partial charge < -0.3 is 9.42 Å². The van der Waals surface area contributed by atoms with Crippen LogP contribution in [0.5, 0.6) is 0 Å². The summed E-state index contributed by atoms with van der Waals surface area (Å²) in [4.78, 5) is 8.33. The van der Waals surface area contributed by atoms with E-state index in [1.54, 1.807) is 11.0 Å². The molecule has 1 aliphatic rings. The van der Waals surface area contributed by atoms with Gasteiger partial charge in [0.25, 0.3) is 5.95 Å². The minimum Gasteiger partial charge on any atom is -0.344 e. The van der Waals surface area contributed by atoms with Crippen molar-refractivity contribution in [1.82, 2.24) is 15.0 Å². The lowest BCUT2D eigenvalue weighted by atomic mass is 10.2. The van der Waals surface area contributed by atoms with Gasteiger partial charge in [0, 0.05) is 32.2 Å². The standard InChI is InChI=1S/C15H19FN4O/c1-19(2)15-17-14(21-18-15)10-20(12-7-8-12)9-11-5-3-4-6-13(11)16/h3-6,12H,7-10H2,1-2H3. The summed E-state index contributed by atoms with van der Waals surface area (Å²) in [6.45, 7) is 1.12. The fourth-order valence-corrected chi connectivity index (χ4v) is 2.26. The molecule has 1 aliphatic carbocycles. The summed E-state index contributed by atoms with van der Waals surface area (Å²) < 4.78 is 19.1. The Morgan fingerprint density at radius 1 is 1.24 bits per heavy atom. The van der Waals surface area contributed by atoms with Crippen LogP contribution >= 0.6 is 0 Å². The van der Waals surface area contributed by atoms with Crippen LogP contribution in [0.25, 0.3) is 0 Å². The zero-order valence-corrected chi connectivity index (χ0v) is 12.3. The molecule has 0 bridgehead atoms. The summed E-state index contributed by atoms with van der Waals surface area (Å²) in [6, 6.07) is 7.38. The quantitative estimate of drug-likeness (QED) is 0.817. The second-order valence-corrected chi connectivity index (χ2v) is 5.61. The number of aromatic nitrogens is 2. The van der Waals surface area contributed by atoms with E-state index in [1.807, 2.05) is 26.2 Å². The Kier molecular flexibility index (Phi) is 3.88. The van der Waals surface area contributed by atoms with Crippen LogP contribution in [0.4, 0.5) is 10.3 Å². The van der Waals surface area contributed by atoms with Gasteiger partial charge in [-0.05, 0) is 24.1 Å². The highest BCUT2D eigenvalue weighted by Gasteiger charge is 2.30. The fraction of sp³-hybridized carbons (Fsp3) is 0.467. The summed E-state index contributed by atoms with van der Waals surface area (Å²) >= 11 is 0. The zero-order valence-electron chi connectivity index (χ0n) is 12.3. The van der Waals surface area contributed by atoms with E-state index in [-0.39, 0.29) is 5.82 Å². The van der Waals surface area contributed by atoms with Gasteiger partial charge in [0.1, 0.15) is 5.82 Å². The minimum absolute atomic E-state index is 0.164. The van der Waals surface area contributed by atoms with E-state index >= 15 is 0 Å². The molecule has 21 heavy (non-hydrogen) atoms. The molecule has 0 radical (unpaired) electrons. The molecule has 2 aromatic rings. The summed E-state index contributed by atoms with van der Waals surface area (Å²) in [7, 11) is 3.74. The zero-order chi connectivity index (χ0) is 14.8. The number of benzene rings is 1. The van der Waals surface area contributed by atoms with Gasteiger partial charge in [0.15, 0.2) is 0 Å². The monoisotopic (exact) mass is 290 g/mol. The summed E-state index contributed by atoms with van der Waals surface area (Å²) in [5.74, 6) is 0.969. The van der Waals surface area contributed by atoms with Crippen molar-refractivity contribution in [2.45, 2.75) is 32.0 Å². The number of halogens is 1. The van der Waals surface area contributed by atoms with Crippen molar-refractivity contribution >= 4 is 5.95 Å². The van der Waals surface area contributed by atoms with Crippen molar-refractivity contribution in [2.24, 2.45) is 0 Å². The van der Waals surface area contributed by atoms with Gasteiger partial charge in [0.2, 0.25) is 5.89 Å². The number of anilines is 1. The number of nitrogens with zero attached hydrogens (tertiary/aromatic N) is 4. The third-order valence-corrected chi connectivity index (χ3v) is 3.59. The molecule has 0 atom stereocenters. The molecule has 0 amide bonds. The van der Waals surface area contributed by atoms with Crippen molar-refractivity contribution in [3.63, 3.8) is 0 Å². The van der Waals surface area contributed by atoms with Gasteiger partial charge in [-0.25, -0.2) is 4.39 Å². The third-order valence-electron chi connectivity index (χ3n) is 3.59. The maximum atomic E-state index is 13.8.